The lowest BCUT2D eigenvalue weighted by Crippen LogP contribution is -1.92. The number of carbonyl (C=O) groups excluding carboxylic acids is 1. The molecule has 0 spiro atoms. The topological polar surface area (TPSA) is 26.3 Å². The van der Waals surface area contributed by atoms with Crippen molar-refractivity contribution in [2.45, 2.75) is 6.92 Å². The summed E-state index contributed by atoms with van der Waals surface area (Å²) in [5.74, 6) is 0.728. The highest BCUT2D eigenvalue weighted by Crippen LogP contribution is 2.25. The summed E-state index contributed by atoms with van der Waals surface area (Å²) in [5, 5.41) is 0. The van der Waals surface area contributed by atoms with Crippen molar-refractivity contribution >= 4 is 22.2 Å². The van der Waals surface area contributed by atoms with Gasteiger partial charge in [0.25, 0.3) is 0 Å². The van der Waals surface area contributed by atoms with Gasteiger partial charge in [-0.15, -0.1) is 0 Å². The quantitative estimate of drug-likeness (QED) is 0.728. The number of ether oxygens (including phenoxy) is 1. The van der Waals surface area contributed by atoms with Gasteiger partial charge in [-0.25, -0.2) is 0 Å². The maximum atomic E-state index is 10.6. The second-order valence-corrected chi connectivity index (χ2v) is 3.36. The van der Waals surface area contributed by atoms with Crippen LogP contribution in [-0.2, 0) is 0 Å². The highest BCUT2D eigenvalue weighted by Gasteiger charge is 2.04. The van der Waals surface area contributed by atoms with Crippen LogP contribution in [0.5, 0.6) is 5.75 Å². The normalized spacial score (nSPS) is 9.58. The van der Waals surface area contributed by atoms with Gasteiger partial charge in [0.15, 0.2) is 0 Å². The highest BCUT2D eigenvalue weighted by molar-refractivity contribution is 9.10. The fourth-order valence-corrected chi connectivity index (χ4v) is 1.46. The molecule has 0 aromatic heterocycles. The van der Waals surface area contributed by atoms with Gasteiger partial charge in [-0.1, -0.05) is 15.9 Å². The van der Waals surface area contributed by atoms with Crippen molar-refractivity contribution in [3.05, 3.63) is 27.7 Å². The van der Waals surface area contributed by atoms with Crippen LogP contribution < -0.4 is 4.74 Å². The number of methoxy groups -OCH3 is 1. The molecule has 0 aliphatic carbocycles. The first-order valence-electron chi connectivity index (χ1n) is 3.48. The summed E-state index contributed by atoms with van der Waals surface area (Å²) >= 11 is 3.29. The van der Waals surface area contributed by atoms with E-state index in [1.807, 2.05) is 13.0 Å². The van der Waals surface area contributed by atoms with Gasteiger partial charge in [-0.3, -0.25) is 4.79 Å². The van der Waals surface area contributed by atoms with Crippen LogP contribution >= 0.6 is 15.9 Å². The third kappa shape index (κ3) is 1.67. The molecule has 0 atom stereocenters. The first-order valence-corrected chi connectivity index (χ1v) is 4.27. The molecule has 1 aromatic carbocycles. The smallest absolute Gasteiger partial charge is 0.150 e. The summed E-state index contributed by atoms with van der Waals surface area (Å²) in [4.78, 5) is 10.6. The van der Waals surface area contributed by atoms with Gasteiger partial charge in [0.05, 0.1) is 7.11 Å². The Balaban J connectivity index is 3.31. The average molecular weight is 229 g/mol. The minimum atomic E-state index is 0.654. The number of rotatable bonds is 2. The Morgan fingerprint density at radius 1 is 1.50 bits per heavy atom. The summed E-state index contributed by atoms with van der Waals surface area (Å²) in [6.07, 6.45) is 0.822. The van der Waals surface area contributed by atoms with Crippen molar-refractivity contribution in [2.75, 3.05) is 7.11 Å². The maximum Gasteiger partial charge on any atom is 0.150 e. The van der Waals surface area contributed by atoms with Crippen LogP contribution in [0.4, 0.5) is 0 Å². The van der Waals surface area contributed by atoms with E-state index in [1.54, 1.807) is 13.2 Å². The molecule has 0 amide bonds. The van der Waals surface area contributed by atoms with Gasteiger partial charge >= 0.3 is 0 Å². The molecule has 0 unspecified atom stereocenters. The Bertz CT molecular complexity index is 308. The molecule has 0 aliphatic heterocycles. The minimum Gasteiger partial charge on any atom is -0.496 e. The Hall–Kier alpha value is -0.830. The lowest BCUT2D eigenvalue weighted by atomic mass is 10.1. The summed E-state index contributed by atoms with van der Waals surface area (Å²) in [7, 11) is 1.59. The Morgan fingerprint density at radius 3 is 2.67 bits per heavy atom. The van der Waals surface area contributed by atoms with Crippen LogP contribution in [0.15, 0.2) is 16.6 Å². The molecule has 64 valence electrons. The van der Waals surface area contributed by atoms with Gasteiger partial charge in [-0.05, 0) is 19.1 Å². The van der Waals surface area contributed by atoms with Crippen LogP contribution in [-0.4, -0.2) is 13.4 Å². The van der Waals surface area contributed by atoms with Crippen LogP contribution in [0.25, 0.3) is 0 Å². The third-order valence-electron chi connectivity index (χ3n) is 1.71. The number of benzene rings is 1. The van der Waals surface area contributed by atoms with Crippen molar-refractivity contribution in [2.24, 2.45) is 0 Å². The number of hydrogen-bond donors (Lipinski definition) is 0. The molecule has 2 nitrogen and oxygen atoms in total. The molecule has 0 saturated carbocycles. The van der Waals surface area contributed by atoms with Crippen molar-refractivity contribution in [1.29, 1.82) is 0 Å². The minimum absolute atomic E-state index is 0.654. The number of carbonyl (C=O) groups is 1. The van der Waals surface area contributed by atoms with Gasteiger partial charge < -0.3 is 4.74 Å². The lowest BCUT2D eigenvalue weighted by Gasteiger charge is -2.06. The Labute approximate surface area is 79.7 Å². The molecule has 3 heteroatoms. The van der Waals surface area contributed by atoms with Gasteiger partial charge in [0.2, 0.25) is 0 Å². The summed E-state index contributed by atoms with van der Waals surface area (Å²) in [5.41, 5.74) is 1.52. The zero-order chi connectivity index (χ0) is 9.14. The molecule has 0 fully saturated rings. The molecule has 1 rings (SSSR count). The fourth-order valence-electron chi connectivity index (χ4n) is 1.01. The van der Waals surface area contributed by atoms with E-state index in [2.05, 4.69) is 15.9 Å². The SMILES string of the molecule is COc1cc(Br)cc(C=O)c1C. The monoisotopic (exact) mass is 228 g/mol. The molecule has 0 saturated heterocycles. The zero-order valence-corrected chi connectivity index (χ0v) is 8.51. The van der Waals surface area contributed by atoms with Gasteiger partial charge in [-0.2, -0.15) is 0 Å². The van der Waals surface area contributed by atoms with Crippen molar-refractivity contribution in [3.8, 4) is 5.75 Å². The molecule has 0 N–H and O–H groups in total. The Kier molecular flexibility index (Phi) is 2.87. The third-order valence-corrected chi connectivity index (χ3v) is 2.17. The summed E-state index contributed by atoms with van der Waals surface area (Å²) in [6, 6.07) is 3.60. The van der Waals surface area contributed by atoms with Crippen molar-refractivity contribution in [1.82, 2.24) is 0 Å². The lowest BCUT2D eigenvalue weighted by molar-refractivity contribution is 0.112. The molecule has 12 heavy (non-hydrogen) atoms. The summed E-state index contributed by atoms with van der Waals surface area (Å²) in [6.45, 7) is 1.86. The molecular weight excluding hydrogens is 220 g/mol. The van der Waals surface area contributed by atoms with Crippen LogP contribution in [0.1, 0.15) is 15.9 Å². The molecular formula is C9H9BrO2. The van der Waals surface area contributed by atoms with E-state index < -0.39 is 0 Å². The zero-order valence-electron chi connectivity index (χ0n) is 6.93. The van der Waals surface area contributed by atoms with Crippen LogP contribution in [0, 0.1) is 6.92 Å². The van der Waals surface area contributed by atoms with Crippen molar-refractivity contribution in [3.63, 3.8) is 0 Å². The number of aldehydes is 1. The van der Waals surface area contributed by atoms with Crippen LogP contribution in [0.2, 0.25) is 0 Å². The van der Waals surface area contributed by atoms with E-state index >= 15 is 0 Å². The van der Waals surface area contributed by atoms with E-state index in [-0.39, 0.29) is 0 Å². The first kappa shape index (κ1) is 9.26. The maximum absolute atomic E-state index is 10.6. The van der Waals surface area contributed by atoms with Crippen LogP contribution in [0.3, 0.4) is 0 Å². The largest absolute Gasteiger partial charge is 0.496 e. The molecule has 0 heterocycles. The highest BCUT2D eigenvalue weighted by atomic mass is 79.9. The summed E-state index contributed by atoms with van der Waals surface area (Å²) < 4.78 is 5.93. The standard InChI is InChI=1S/C9H9BrO2/c1-6-7(5-11)3-8(10)4-9(6)12-2/h3-5H,1-2H3. The molecule has 0 bridgehead atoms. The van der Waals surface area contributed by atoms with E-state index in [0.717, 1.165) is 22.1 Å². The second-order valence-electron chi connectivity index (χ2n) is 2.44. The van der Waals surface area contributed by atoms with Gasteiger partial charge in [0, 0.05) is 15.6 Å². The predicted octanol–water partition coefficient (Wildman–Crippen LogP) is 2.58. The van der Waals surface area contributed by atoms with Crippen molar-refractivity contribution < 1.29 is 9.53 Å². The predicted molar refractivity (Wildman–Crippen MR) is 50.8 cm³/mol. The molecule has 0 aliphatic rings. The van der Waals surface area contributed by atoms with E-state index in [1.165, 1.54) is 0 Å². The average Bonchev–Trinajstić information content (AvgIpc) is 2.08. The number of hydrogen-bond acceptors (Lipinski definition) is 2. The number of halogens is 1. The van der Waals surface area contributed by atoms with E-state index in [4.69, 9.17) is 4.74 Å². The van der Waals surface area contributed by atoms with E-state index in [9.17, 15) is 4.79 Å². The fraction of sp³-hybridized carbons (Fsp3) is 0.222. The van der Waals surface area contributed by atoms with E-state index in [0.29, 0.717) is 5.56 Å². The Morgan fingerprint density at radius 2 is 2.17 bits per heavy atom. The second kappa shape index (κ2) is 3.72. The first-order chi connectivity index (χ1) is 5.69. The molecule has 0 radical (unpaired) electrons. The van der Waals surface area contributed by atoms with Gasteiger partial charge in [0.1, 0.15) is 12.0 Å². The molecule has 1 aromatic rings.